The first-order valence-corrected chi connectivity index (χ1v) is 6.69. The van der Waals surface area contributed by atoms with Crippen LogP contribution in [0.3, 0.4) is 0 Å². The number of aromatic nitrogens is 3. The largest absolute Gasteiger partial charge is 0.476 e. The standard InChI is InChI=1S/C14H18N4O3/c1-10(2)18-6-3-4-12(18)13(19)15-5-7-17-8-11(14(20)21)16-9-17/h3-4,6,8-10H,5,7H2,1-2H3,(H,15,19)(H,20,21). The monoisotopic (exact) mass is 290 g/mol. The van der Waals surface area contributed by atoms with E-state index in [1.165, 1.54) is 12.5 Å². The van der Waals surface area contributed by atoms with Gasteiger partial charge in [0.05, 0.1) is 6.33 Å². The predicted octanol–water partition coefficient (Wildman–Crippen LogP) is 1.39. The SMILES string of the molecule is CC(C)n1cccc1C(=O)NCCn1cnc(C(=O)O)c1. The minimum atomic E-state index is -1.06. The van der Waals surface area contributed by atoms with Crippen LogP contribution in [-0.4, -0.2) is 37.6 Å². The summed E-state index contributed by atoms with van der Waals surface area (Å²) in [6.07, 6.45) is 4.74. The molecule has 0 aliphatic carbocycles. The molecule has 2 aromatic heterocycles. The van der Waals surface area contributed by atoms with E-state index in [2.05, 4.69) is 10.3 Å². The second kappa shape index (κ2) is 6.25. The van der Waals surface area contributed by atoms with Gasteiger partial charge in [0.1, 0.15) is 5.69 Å². The fraction of sp³-hybridized carbons (Fsp3) is 0.357. The fourth-order valence-electron chi connectivity index (χ4n) is 2.02. The van der Waals surface area contributed by atoms with Gasteiger partial charge in [-0.2, -0.15) is 0 Å². The first-order valence-electron chi connectivity index (χ1n) is 6.69. The van der Waals surface area contributed by atoms with Gasteiger partial charge >= 0.3 is 5.97 Å². The Labute approximate surface area is 122 Å². The van der Waals surface area contributed by atoms with E-state index in [1.807, 2.05) is 30.7 Å². The van der Waals surface area contributed by atoms with E-state index in [4.69, 9.17) is 5.11 Å². The van der Waals surface area contributed by atoms with E-state index in [0.717, 1.165) is 0 Å². The van der Waals surface area contributed by atoms with Crippen molar-refractivity contribution in [3.05, 3.63) is 42.2 Å². The third kappa shape index (κ3) is 3.50. The maximum atomic E-state index is 12.1. The number of nitrogens with one attached hydrogen (secondary N) is 1. The van der Waals surface area contributed by atoms with Crippen LogP contribution in [-0.2, 0) is 6.54 Å². The number of nitrogens with zero attached hydrogens (tertiary/aromatic N) is 3. The van der Waals surface area contributed by atoms with E-state index < -0.39 is 5.97 Å². The van der Waals surface area contributed by atoms with E-state index in [0.29, 0.717) is 18.8 Å². The summed E-state index contributed by atoms with van der Waals surface area (Å²) in [7, 11) is 0. The highest BCUT2D eigenvalue weighted by Crippen LogP contribution is 2.10. The van der Waals surface area contributed by atoms with Crippen molar-refractivity contribution in [2.45, 2.75) is 26.4 Å². The van der Waals surface area contributed by atoms with Crippen LogP contribution in [0.1, 0.15) is 40.9 Å². The molecule has 0 aromatic carbocycles. The summed E-state index contributed by atoms with van der Waals surface area (Å²) < 4.78 is 3.53. The number of carboxylic acids is 1. The van der Waals surface area contributed by atoms with Crippen molar-refractivity contribution in [1.82, 2.24) is 19.4 Å². The zero-order chi connectivity index (χ0) is 15.4. The van der Waals surface area contributed by atoms with Gasteiger partial charge in [0.15, 0.2) is 5.69 Å². The molecule has 112 valence electrons. The van der Waals surface area contributed by atoms with Crippen LogP contribution < -0.4 is 5.32 Å². The Morgan fingerprint density at radius 3 is 2.81 bits per heavy atom. The molecule has 2 heterocycles. The highest BCUT2D eigenvalue weighted by Gasteiger charge is 2.12. The lowest BCUT2D eigenvalue weighted by atomic mass is 10.3. The van der Waals surface area contributed by atoms with Crippen LogP contribution in [0.15, 0.2) is 30.9 Å². The van der Waals surface area contributed by atoms with Crippen LogP contribution in [0, 0.1) is 0 Å². The molecule has 0 aliphatic rings. The second-order valence-corrected chi connectivity index (χ2v) is 4.95. The minimum Gasteiger partial charge on any atom is -0.476 e. The molecule has 0 atom stereocenters. The topological polar surface area (TPSA) is 89.2 Å². The molecule has 0 saturated carbocycles. The van der Waals surface area contributed by atoms with Crippen molar-refractivity contribution in [2.24, 2.45) is 0 Å². The zero-order valence-corrected chi connectivity index (χ0v) is 12.0. The third-order valence-corrected chi connectivity index (χ3v) is 3.08. The Kier molecular flexibility index (Phi) is 4.42. The smallest absolute Gasteiger partial charge is 0.356 e. The fourth-order valence-corrected chi connectivity index (χ4v) is 2.02. The van der Waals surface area contributed by atoms with Gasteiger partial charge in [0.25, 0.3) is 5.91 Å². The van der Waals surface area contributed by atoms with Crippen LogP contribution in [0.4, 0.5) is 0 Å². The molecule has 0 saturated heterocycles. The van der Waals surface area contributed by atoms with Gasteiger partial charge in [-0.3, -0.25) is 4.79 Å². The van der Waals surface area contributed by atoms with Gasteiger partial charge in [-0.1, -0.05) is 0 Å². The Bertz CT molecular complexity index is 642. The molecular weight excluding hydrogens is 272 g/mol. The number of carbonyl (C=O) groups excluding carboxylic acids is 1. The number of carboxylic acid groups (broad SMARTS) is 1. The Balaban J connectivity index is 1.89. The number of hydrogen-bond acceptors (Lipinski definition) is 3. The van der Waals surface area contributed by atoms with Crippen LogP contribution in [0.2, 0.25) is 0 Å². The molecule has 0 fully saturated rings. The van der Waals surface area contributed by atoms with E-state index >= 15 is 0 Å². The van der Waals surface area contributed by atoms with Gasteiger partial charge in [-0.15, -0.1) is 0 Å². The van der Waals surface area contributed by atoms with E-state index in [9.17, 15) is 9.59 Å². The number of imidazole rings is 1. The Hall–Kier alpha value is -2.57. The highest BCUT2D eigenvalue weighted by atomic mass is 16.4. The number of hydrogen-bond donors (Lipinski definition) is 2. The lowest BCUT2D eigenvalue weighted by molar-refractivity contribution is 0.0690. The summed E-state index contributed by atoms with van der Waals surface area (Å²) in [6.45, 7) is 4.89. The van der Waals surface area contributed by atoms with Crippen molar-refractivity contribution in [3.63, 3.8) is 0 Å². The first-order chi connectivity index (χ1) is 9.99. The lowest BCUT2D eigenvalue weighted by Gasteiger charge is -2.12. The molecule has 2 rings (SSSR count). The van der Waals surface area contributed by atoms with Crippen molar-refractivity contribution < 1.29 is 14.7 Å². The summed E-state index contributed by atoms with van der Waals surface area (Å²) in [5.74, 6) is -1.21. The van der Waals surface area contributed by atoms with Crippen molar-refractivity contribution in [1.29, 1.82) is 0 Å². The molecule has 1 amide bonds. The van der Waals surface area contributed by atoms with Crippen molar-refractivity contribution >= 4 is 11.9 Å². The second-order valence-electron chi connectivity index (χ2n) is 4.95. The van der Waals surface area contributed by atoms with Crippen LogP contribution in [0.5, 0.6) is 0 Å². The highest BCUT2D eigenvalue weighted by molar-refractivity contribution is 5.92. The predicted molar refractivity (Wildman–Crippen MR) is 76.3 cm³/mol. The first kappa shape index (κ1) is 14.8. The molecule has 2 N–H and O–H groups in total. The molecule has 0 radical (unpaired) electrons. The summed E-state index contributed by atoms with van der Waals surface area (Å²) in [4.78, 5) is 26.5. The summed E-state index contributed by atoms with van der Waals surface area (Å²) >= 11 is 0. The molecule has 0 bridgehead atoms. The summed E-state index contributed by atoms with van der Waals surface area (Å²) in [5.41, 5.74) is 0.608. The van der Waals surface area contributed by atoms with Gasteiger partial charge < -0.3 is 19.6 Å². The van der Waals surface area contributed by atoms with Gasteiger partial charge in [0, 0.05) is 31.5 Å². The number of rotatable bonds is 6. The molecule has 7 heteroatoms. The minimum absolute atomic E-state index is 0.00462. The van der Waals surface area contributed by atoms with Crippen molar-refractivity contribution in [2.75, 3.05) is 6.54 Å². The van der Waals surface area contributed by atoms with Crippen LogP contribution >= 0.6 is 0 Å². The van der Waals surface area contributed by atoms with Gasteiger partial charge in [-0.25, -0.2) is 9.78 Å². The Morgan fingerprint density at radius 1 is 1.43 bits per heavy atom. The molecule has 7 nitrogen and oxygen atoms in total. The number of aromatic carboxylic acids is 1. The summed E-state index contributed by atoms with van der Waals surface area (Å²) in [6, 6.07) is 3.83. The molecule has 0 aliphatic heterocycles. The third-order valence-electron chi connectivity index (χ3n) is 3.08. The van der Waals surface area contributed by atoms with E-state index in [1.54, 1.807) is 10.6 Å². The average molecular weight is 290 g/mol. The number of carbonyl (C=O) groups is 2. The molecule has 21 heavy (non-hydrogen) atoms. The van der Waals surface area contributed by atoms with Gasteiger partial charge in [-0.05, 0) is 26.0 Å². The average Bonchev–Trinajstić information content (AvgIpc) is 3.07. The molecular formula is C14H18N4O3. The Morgan fingerprint density at radius 2 is 2.19 bits per heavy atom. The molecule has 0 spiro atoms. The molecule has 2 aromatic rings. The van der Waals surface area contributed by atoms with Crippen LogP contribution in [0.25, 0.3) is 0 Å². The van der Waals surface area contributed by atoms with E-state index in [-0.39, 0.29) is 17.6 Å². The maximum absolute atomic E-state index is 12.1. The normalized spacial score (nSPS) is 10.8. The lowest BCUT2D eigenvalue weighted by Crippen LogP contribution is -2.29. The maximum Gasteiger partial charge on any atom is 0.356 e. The van der Waals surface area contributed by atoms with Crippen molar-refractivity contribution in [3.8, 4) is 0 Å². The quantitative estimate of drug-likeness (QED) is 0.841. The molecule has 0 unspecified atom stereocenters. The zero-order valence-electron chi connectivity index (χ0n) is 12.0. The number of amides is 1. The van der Waals surface area contributed by atoms with Gasteiger partial charge in [0.2, 0.25) is 0 Å². The summed E-state index contributed by atoms with van der Waals surface area (Å²) in [5, 5.41) is 11.6.